The summed E-state index contributed by atoms with van der Waals surface area (Å²) in [7, 11) is 0.215. The Kier molecular flexibility index (Phi) is 6.98. The van der Waals surface area contributed by atoms with Crippen LogP contribution in [0.2, 0.25) is 0 Å². The van der Waals surface area contributed by atoms with Crippen LogP contribution >= 0.6 is 0 Å². The summed E-state index contributed by atoms with van der Waals surface area (Å²) in [6.45, 7) is 2.90. The van der Waals surface area contributed by atoms with Crippen LogP contribution in [0.15, 0.2) is 18.2 Å². The zero-order chi connectivity index (χ0) is 15.9. The van der Waals surface area contributed by atoms with Gasteiger partial charge in [-0.3, -0.25) is 0 Å². The Labute approximate surface area is 127 Å². The first-order chi connectivity index (χ1) is 9.89. The smallest absolute Gasteiger partial charge is 0.147 e. The van der Waals surface area contributed by atoms with Crippen molar-refractivity contribution >= 4 is 9.84 Å². The molecule has 0 aliphatic rings. The van der Waals surface area contributed by atoms with E-state index in [2.05, 4.69) is 12.2 Å². The molecule has 5 nitrogen and oxygen atoms in total. The largest absolute Gasteiger partial charge is 0.497 e. The predicted octanol–water partition coefficient (Wildman–Crippen LogP) is 2.18. The van der Waals surface area contributed by atoms with Gasteiger partial charge in [-0.05, 0) is 37.1 Å². The first kappa shape index (κ1) is 17.8. The molecule has 0 spiro atoms. The Bertz CT molecular complexity index is 520. The van der Waals surface area contributed by atoms with E-state index in [0.717, 1.165) is 18.5 Å². The van der Waals surface area contributed by atoms with Gasteiger partial charge < -0.3 is 14.8 Å². The molecule has 1 atom stereocenters. The average molecular weight is 315 g/mol. The van der Waals surface area contributed by atoms with Crippen LogP contribution in [0.3, 0.4) is 0 Å². The maximum Gasteiger partial charge on any atom is 0.147 e. The van der Waals surface area contributed by atoms with E-state index >= 15 is 0 Å². The summed E-state index contributed by atoms with van der Waals surface area (Å²) in [4.78, 5) is 0. The molecule has 0 saturated carbocycles. The molecule has 0 amide bonds. The zero-order valence-corrected chi connectivity index (χ0v) is 14.0. The van der Waals surface area contributed by atoms with Gasteiger partial charge in [0.25, 0.3) is 0 Å². The van der Waals surface area contributed by atoms with Crippen molar-refractivity contribution in [2.45, 2.75) is 25.8 Å². The van der Waals surface area contributed by atoms with Crippen LogP contribution in [0.25, 0.3) is 0 Å². The summed E-state index contributed by atoms with van der Waals surface area (Å²) in [6, 6.07) is 5.59. The molecule has 21 heavy (non-hydrogen) atoms. The van der Waals surface area contributed by atoms with Crippen molar-refractivity contribution in [1.82, 2.24) is 5.32 Å². The molecule has 0 heterocycles. The Morgan fingerprint density at radius 1 is 1.14 bits per heavy atom. The van der Waals surface area contributed by atoms with Gasteiger partial charge in [-0.15, -0.1) is 0 Å². The molecule has 0 bridgehead atoms. The fourth-order valence-corrected chi connectivity index (χ4v) is 2.73. The van der Waals surface area contributed by atoms with E-state index in [9.17, 15) is 8.42 Å². The molecule has 120 valence electrons. The third-order valence-corrected chi connectivity index (χ3v) is 4.17. The van der Waals surface area contributed by atoms with E-state index in [1.54, 1.807) is 20.3 Å². The van der Waals surface area contributed by atoms with Gasteiger partial charge in [-0.1, -0.05) is 6.92 Å². The SMILES string of the molecule is CCCNC(CCS(C)(=O)=O)c1cc(OC)cc(OC)c1. The second kappa shape index (κ2) is 8.24. The predicted molar refractivity (Wildman–Crippen MR) is 84.9 cm³/mol. The van der Waals surface area contributed by atoms with Crippen molar-refractivity contribution in [1.29, 1.82) is 0 Å². The van der Waals surface area contributed by atoms with Gasteiger partial charge in [0, 0.05) is 18.4 Å². The minimum Gasteiger partial charge on any atom is -0.497 e. The number of nitrogens with one attached hydrogen (secondary N) is 1. The molecule has 0 fully saturated rings. The van der Waals surface area contributed by atoms with Crippen LogP contribution in [-0.2, 0) is 9.84 Å². The monoisotopic (exact) mass is 315 g/mol. The van der Waals surface area contributed by atoms with Gasteiger partial charge in [0.15, 0.2) is 0 Å². The van der Waals surface area contributed by atoms with Crippen molar-refractivity contribution < 1.29 is 17.9 Å². The molecular formula is C15H25NO4S. The number of rotatable bonds is 9. The summed E-state index contributed by atoms with van der Waals surface area (Å²) in [5, 5.41) is 3.39. The summed E-state index contributed by atoms with van der Waals surface area (Å²) in [6.07, 6.45) is 2.77. The van der Waals surface area contributed by atoms with Crippen molar-refractivity contribution in [2.75, 3.05) is 32.8 Å². The molecule has 6 heteroatoms. The average Bonchev–Trinajstić information content (AvgIpc) is 2.45. The van der Waals surface area contributed by atoms with Crippen LogP contribution in [0.5, 0.6) is 11.5 Å². The first-order valence-electron chi connectivity index (χ1n) is 7.03. The lowest BCUT2D eigenvalue weighted by molar-refractivity contribution is 0.391. The molecule has 1 aromatic carbocycles. The summed E-state index contributed by atoms with van der Waals surface area (Å²) in [5.74, 6) is 1.55. The third-order valence-electron chi connectivity index (χ3n) is 3.19. The lowest BCUT2D eigenvalue weighted by Crippen LogP contribution is -2.24. The summed E-state index contributed by atoms with van der Waals surface area (Å²) < 4.78 is 33.4. The van der Waals surface area contributed by atoms with Gasteiger partial charge >= 0.3 is 0 Å². The van der Waals surface area contributed by atoms with E-state index in [1.807, 2.05) is 12.1 Å². The van der Waals surface area contributed by atoms with Crippen LogP contribution in [0.1, 0.15) is 31.4 Å². The van der Waals surface area contributed by atoms with Gasteiger partial charge in [-0.25, -0.2) is 8.42 Å². The Morgan fingerprint density at radius 2 is 1.71 bits per heavy atom. The maximum absolute atomic E-state index is 11.4. The highest BCUT2D eigenvalue weighted by molar-refractivity contribution is 7.90. The molecule has 0 saturated heterocycles. The standard InChI is InChI=1S/C15H25NO4S/c1-5-7-16-15(6-8-21(4,17)18)12-9-13(19-2)11-14(10-12)20-3/h9-11,15-16H,5-8H2,1-4H3. The highest BCUT2D eigenvalue weighted by atomic mass is 32.2. The molecule has 1 rings (SSSR count). The Morgan fingerprint density at radius 3 is 2.14 bits per heavy atom. The topological polar surface area (TPSA) is 64.6 Å². The fourth-order valence-electron chi connectivity index (χ4n) is 2.07. The van der Waals surface area contributed by atoms with Gasteiger partial charge in [0.05, 0.1) is 20.0 Å². The fraction of sp³-hybridized carbons (Fsp3) is 0.600. The quantitative estimate of drug-likeness (QED) is 0.756. The molecule has 0 aromatic heterocycles. The van der Waals surface area contributed by atoms with E-state index in [4.69, 9.17) is 9.47 Å². The normalized spacial score (nSPS) is 13.0. The molecule has 1 aromatic rings. The van der Waals surface area contributed by atoms with Crippen molar-refractivity contribution in [3.05, 3.63) is 23.8 Å². The lowest BCUT2D eigenvalue weighted by atomic mass is 10.0. The lowest BCUT2D eigenvalue weighted by Gasteiger charge is -2.20. The highest BCUT2D eigenvalue weighted by Gasteiger charge is 2.16. The minimum absolute atomic E-state index is 0.0383. The molecule has 1 unspecified atom stereocenters. The second-order valence-corrected chi connectivity index (χ2v) is 7.33. The van der Waals surface area contributed by atoms with E-state index in [1.165, 1.54) is 6.26 Å². The molecular weight excluding hydrogens is 290 g/mol. The molecule has 0 radical (unpaired) electrons. The number of benzene rings is 1. The summed E-state index contributed by atoms with van der Waals surface area (Å²) >= 11 is 0. The van der Waals surface area contributed by atoms with Crippen molar-refractivity contribution in [2.24, 2.45) is 0 Å². The first-order valence-corrected chi connectivity index (χ1v) is 9.09. The molecule has 0 aliphatic heterocycles. The number of ether oxygens (including phenoxy) is 2. The van der Waals surface area contributed by atoms with Crippen LogP contribution < -0.4 is 14.8 Å². The van der Waals surface area contributed by atoms with Crippen LogP contribution in [0, 0.1) is 0 Å². The Hall–Kier alpha value is -1.27. The minimum atomic E-state index is -2.99. The highest BCUT2D eigenvalue weighted by Crippen LogP contribution is 2.28. The zero-order valence-electron chi connectivity index (χ0n) is 13.2. The van der Waals surface area contributed by atoms with E-state index in [-0.39, 0.29) is 11.8 Å². The third kappa shape index (κ3) is 6.35. The summed E-state index contributed by atoms with van der Waals surface area (Å²) in [5.41, 5.74) is 0.975. The Balaban J connectivity index is 3.00. The van der Waals surface area contributed by atoms with E-state index < -0.39 is 9.84 Å². The number of hydrogen-bond donors (Lipinski definition) is 1. The van der Waals surface area contributed by atoms with E-state index in [0.29, 0.717) is 17.9 Å². The number of hydrogen-bond acceptors (Lipinski definition) is 5. The van der Waals surface area contributed by atoms with Crippen LogP contribution in [0.4, 0.5) is 0 Å². The molecule has 1 N–H and O–H groups in total. The second-order valence-electron chi connectivity index (χ2n) is 5.07. The van der Waals surface area contributed by atoms with Gasteiger partial charge in [-0.2, -0.15) is 0 Å². The molecule has 0 aliphatic carbocycles. The number of sulfone groups is 1. The van der Waals surface area contributed by atoms with Gasteiger partial charge in [0.2, 0.25) is 0 Å². The van der Waals surface area contributed by atoms with Crippen molar-refractivity contribution in [3.8, 4) is 11.5 Å². The number of methoxy groups -OCH3 is 2. The maximum atomic E-state index is 11.4. The van der Waals surface area contributed by atoms with Crippen molar-refractivity contribution in [3.63, 3.8) is 0 Å². The van der Waals surface area contributed by atoms with Gasteiger partial charge in [0.1, 0.15) is 21.3 Å². The van der Waals surface area contributed by atoms with Crippen LogP contribution in [-0.4, -0.2) is 41.2 Å².